The second-order valence-electron chi connectivity index (χ2n) is 3.60. The van der Waals surface area contributed by atoms with Crippen molar-refractivity contribution >= 4 is 17.6 Å². The van der Waals surface area contributed by atoms with Gasteiger partial charge in [0.15, 0.2) is 0 Å². The van der Waals surface area contributed by atoms with E-state index in [1.54, 1.807) is 17.0 Å². The van der Waals surface area contributed by atoms with Gasteiger partial charge in [0.2, 0.25) is 5.91 Å². The number of hydrogen-bond acceptors (Lipinski definition) is 2. The molecule has 1 amide bonds. The number of aromatic carboxylic acids is 1. The summed E-state index contributed by atoms with van der Waals surface area (Å²) in [6.45, 7) is 2.54. The molecule has 1 aromatic rings. The highest BCUT2D eigenvalue weighted by Crippen LogP contribution is 2.26. The Morgan fingerprint density at radius 3 is 2.60 bits per heavy atom. The summed E-state index contributed by atoms with van der Waals surface area (Å²) in [7, 11) is 0. The van der Waals surface area contributed by atoms with Gasteiger partial charge in [0.1, 0.15) is 0 Å². The monoisotopic (exact) mass is 205 g/mol. The minimum absolute atomic E-state index is 0.0983. The molecule has 4 heteroatoms. The highest BCUT2D eigenvalue weighted by Gasteiger charge is 2.26. The van der Waals surface area contributed by atoms with Gasteiger partial charge in [-0.25, -0.2) is 4.79 Å². The third kappa shape index (κ3) is 1.58. The molecular formula is C11H11NO3. The maximum absolute atomic E-state index is 11.2. The Balaban J connectivity index is 2.34. The van der Waals surface area contributed by atoms with E-state index in [-0.39, 0.29) is 11.5 Å². The van der Waals surface area contributed by atoms with Crippen molar-refractivity contribution in [1.82, 2.24) is 0 Å². The molecule has 0 spiro atoms. The molecule has 1 aliphatic rings. The molecule has 0 atom stereocenters. The molecule has 0 aliphatic carbocycles. The van der Waals surface area contributed by atoms with Crippen LogP contribution in [0.5, 0.6) is 0 Å². The molecule has 1 aromatic carbocycles. The lowest BCUT2D eigenvalue weighted by Gasteiger charge is -2.32. The fourth-order valence-electron chi connectivity index (χ4n) is 1.66. The number of aryl methyl sites for hydroxylation is 1. The fraction of sp³-hybridized carbons (Fsp3) is 0.273. The molecular weight excluding hydrogens is 194 g/mol. The van der Waals surface area contributed by atoms with Gasteiger partial charge in [-0.1, -0.05) is 0 Å². The van der Waals surface area contributed by atoms with Gasteiger partial charge in [0.25, 0.3) is 0 Å². The van der Waals surface area contributed by atoms with Crippen molar-refractivity contribution in [3.8, 4) is 0 Å². The molecule has 0 bridgehead atoms. The number of carbonyl (C=O) groups is 2. The van der Waals surface area contributed by atoms with Gasteiger partial charge in [-0.15, -0.1) is 0 Å². The van der Waals surface area contributed by atoms with Gasteiger partial charge < -0.3 is 10.0 Å². The smallest absolute Gasteiger partial charge is 0.335 e. The summed E-state index contributed by atoms with van der Waals surface area (Å²) >= 11 is 0. The van der Waals surface area contributed by atoms with Crippen molar-refractivity contribution < 1.29 is 14.7 Å². The van der Waals surface area contributed by atoms with Crippen LogP contribution in [-0.4, -0.2) is 23.5 Å². The van der Waals surface area contributed by atoms with Gasteiger partial charge in [0, 0.05) is 18.7 Å². The van der Waals surface area contributed by atoms with Crippen LogP contribution in [0.4, 0.5) is 5.69 Å². The molecule has 2 rings (SSSR count). The van der Waals surface area contributed by atoms with Crippen molar-refractivity contribution in [3.05, 3.63) is 29.3 Å². The van der Waals surface area contributed by atoms with Gasteiger partial charge in [-0.2, -0.15) is 0 Å². The first kappa shape index (κ1) is 9.71. The molecule has 1 aliphatic heterocycles. The van der Waals surface area contributed by atoms with Crippen molar-refractivity contribution in [2.24, 2.45) is 0 Å². The van der Waals surface area contributed by atoms with Crippen LogP contribution in [0, 0.1) is 6.92 Å². The van der Waals surface area contributed by atoms with E-state index in [1.807, 2.05) is 6.92 Å². The van der Waals surface area contributed by atoms with E-state index in [4.69, 9.17) is 5.11 Å². The summed E-state index contributed by atoms with van der Waals surface area (Å²) in [5.74, 6) is -0.847. The molecule has 0 unspecified atom stereocenters. The first-order chi connectivity index (χ1) is 7.09. The maximum Gasteiger partial charge on any atom is 0.335 e. The fourth-order valence-corrected chi connectivity index (χ4v) is 1.66. The number of carboxylic acids is 1. The quantitative estimate of drug-likeness (QED) is 0.743. The van der Waals surface area contributed by atoms with E-state index in [0.29, 0.717) is 6.42 Å². The Morgan fingerprint density at radius 2 is 2.20 bits per heavy atom. The lowest BCUT2D eigenvalue weighted by molar-refractivity contribution is -0.122. The van der Waals surface area contributed by atoms with E-state index in [0.717, 1.165) is 17.8 Å². The third-order valence-electron chi connectivity index (χ3n) is 2.58. The number of benzene rings is 1. The second kappa shape index (κ2) is 3.38. The third-order valence-corrected chi connectivity index (χ3v) is 2.58. The summed E-state index contributed by atoms with van der Waals surface area (Å²) in [5, 5.41) is 8.78. The van der Waals surface area contributed by atoms with Gasteiger partial charge in [-0.05, 0) is 30.7 Å². The van der Waals surface area contributed by atoms with E-state index < -0.39 is 5.97 Å². The average Bonchev–Trinajstić information content (AvgIpc) is 2.18. The van der Waals surface area contributed by atoms with Gasteiger partial charge in [-0.3, -0.25) is 4.79 Å². The van der Waals surface area contributed by atoms with Crippen molar-refractivity contribution in [2.75, 3.05) is 11.4 Å². The Morgan fingerprint density at radius 1 is 1.47 bits per heavy atom. The van der Waals surface area contributed by atoms with Crippen LogP contribution in [0.25, 0.3) is 0 Å². The van der Waals surface area contributed by atoms with E-state index in [9.17, 15) is 9.59 Å². The second-order valence-corrected chi connectivity index (χ2v) is 3.60. The molecule has 0 aromatic heterocycles. The summed E-state index contributed by atoms with van der Waals surface area (Å²) < 4.78 is 0. The SMILES string of the molecule is Cc1cc(C(=O)O)ccc1N1CCC1=O. The van der Waals surface area contributed by atoms with Crippen molar-refractivity contribution in [2.45, 2.75) is 13.3 Å². The van der Waals surface area contributed by atoms with Crippen LogP contribution in [0.2, 0.25) is 0 Å². The number of carbonyl (C=O) groups excluding carboxylic acids is 1. The lowest BCUT2D eigenvalue weighted by atomic mass is 10.1. The zero-order valence-corrected chi connectivity index (χ0v) is 8.36. The Labute approximate surface area is 87.1 Å². The molecule has 0 radical (unpaired) electrons. The first-order valence-corrected chi connectivity index (χ1v) is 4.74. The number of amides is 1. The van der Waals surface area contributed by atoms with Crippen LogP contribution in [0.1, 0.15) is 22.3 Å². The van der Waals surface area contributed by atoms with Crippen LogP contribution < -0.4 is 4.90 Å². The summed E-state index contributed by atoms with van der Waals surface area (Å²) in [5.41, 5.74) is 1.89. The van der Waals surface area contributed by atoms with Gasteiger partial charge >= 0.3 is 5.97 Å². The molecule has 1 fully saturated rings. The Bertz CT molecular complexity index is 439. The molecule has 4 nitrogen and oxygen atoms in total. The molecule has 78 valence electrons. The number of hydrogen-bond donors (Lipinski definition) is 1. The molecule has 0 saturated carbocycles. The number of rotatable bonds is 2. The van der Waals surface area contributed by atoms with E-state index >= 15 is 0 Å². The lowest BCUT2D eigenvalue weighted by Crippen LogP contribution is -2.43. The highest BCUT2D eigenvalue weighted by molar-refractivity contribution is 6.00. The highest BCUT2D eigenvalue weighted by atomic mass is 16.4. The number of anilines is 1. The molecule has 1 heterocycles. The number of nitrogens with zero attached hydrogens (tertiary/aromatic N) is 1. The largest absolute Gasteiger partial charge is 0.478 e. The Hall–Kier alpha value is -1.84. The van der Waals surface area contributed by atoms with Crippen LogP contribution in [0.15, 0.2) is 18.2 Å². The Kier molecular flexibility index (Phi) is 2.19. The topological polar surface area (TPSA) is 57.6 Å². The molecule has 1 N–H and O–H groups in total. The minimum Gasteiger partial charge on any atom is -0.478 e. The van der Waals surface area contributed by atoms with Crippen molar-refractivity contribution in [1.29, 1.82) is 0 Å². The number of β-lactam (4-membered cyclic amide) rings is 1. The zero-order chi connectivity index (χ0) is 11.0. The first-order valence-electron chi connectivity index (χ1n) is 4.74. The zero-order valence-electron chi connectivity index (χ0n) is 8.36. The van der Waals surface area contributed by atoms with Gasteiger partial charge in [0.05, 0.1) is 5.56 Å². The van der Waals surface area contributed by atoms with E-state index in [1.165, 1.54) is 6.07 Å². The molecule has 15 heavy (non-hydrogen) atoms. The maximum atomic E-state index is 11.2. The summed E-state index contributed by atoms with van der Waals surface area (Å²) in [6.07, 6.45) is 0.583. The average molecular weight is 205 g/mol. The van der Waals surface area contributed by atoms with Crippen LogP contribution in [-0.2, 0) is 4.79 Å². The normalized spacial score (nSPS) is 15.0. The molecule has 1 saturated heterocycles. The summed E-state index contributed by atoms with van der Waals surface area (Å²) in [4.78, 5) is 23.6. The van der Waals surface area contributed by atoms with E-state index in [2.05, 4.69) is 0 Å². The standard InChI is InChI=1S/C11H11NO3/c1-7-6-8(11(14)15)2-3-9(7)12-5-4-10(12)13/h2-3,6H,4-5H2,1H3,(H,14,15). The summed E-state index contributed by atoms with van der Waals surface area (Å²) in [6, 6.07) is 4.80. The van der Waals surface area contributed by atoms with Crippen molar-refractivity contribution in [3.63, 3.8) is 0 Å². The van der Waals surface area contributed by atoms with Crippen LogP contribution in [0.3, 0.4) is 0 Å². The predicted octanol–water partition coefficient (Wildman–Crippen LogP) is 1.43. The number of carboxylic acid groups (broad SMARTS) is 1. The minimum atomic E-state index is -0.945. The predicted molar refractivity (Wildman–Crippen MR) is 55.1 cm³/mol. The van der Waals surface area contributed by atoms with Crippen LogP contribution >= 0.6 is 0 Å².